The summed E-state index contributed by atoms with van der Waals surface area (Å²) in [7, 11) is 0. The third kappa shape index (κ3) is 5.91. The molecule has 0 bridgehead atoms. The third-order valence-electron chi connectivity index (χ3n) is 4.42. The SMILES string of the molecule is CC(C)(C)OC(=O)N1CC=C(c2ccc(C(=O)OCc3ccccc3)nc2)CC1. The molecule has 0 fully saturated rings. The van der Waals surface area contributed by atoms with Gasteiger partial charge < -0.3 is 14.4 Å². The fourth-order valence-corrected chi connectivity index (χ4v) is 2.93. The van der Waals surface area contributed by atoms with Crippen LogP contribution < -0.4 is 0 Å². The van der Waals surface area contributed by atoms with Gasteiger partial charge in [-0.3, -0.25) is 0 Å². The first-order valence-electron chi connectivity index (χ1n) is 9.66. The highest BCUT2D eigenvalue weighted by atomic mass is 16.6. The lowest BCUT2D eigenvalue weighted by Gasteiger charge is -2.29. The first kappa shape index (κ1) is 20.6. The van der Waals surface area contributed by atoms with Crippen LogP contribution in [0.15, 0.2) is 54.7 Å². The van der Waals surface area contributed by atoms with Gasteiger partial charge >= 0.3 is 12.1 Å². The summed E-state index contributed by atoms with van der Waals surface area (Å²) in [5, 5.41) is 0. The van der Waals surface area contributed by atoms with Gasteiger partial charge in [-0.2, -0.15) is 0 Å². The molecule has 152 valence electrons. The number of hydrogen-bond donors (Lipinski definition) is 0. The number of nitrogens with zero attached hydrogens (tertiary/aromatic N) is 2. The molecule has 2 aromatic rings. The maximum Gasteiger partial charge on any atom is 0.410 e. The Morgan fingerprint density at radius 1 is 1.10 bits per heavy atom. The van der Waals surface area contributed by atoms with Crippen molar-refractivity contribution in [3.63, 3.8) is 0 Å². The van der Waals surface area contributed by atoms with Crippen molar-refractivity contribution in [2.24, 2.45) is 0 Å². The lowest BCUT2D eigenvalue weighted by atomic mass is 10.0. The van der Waals surface area contributed by atoms with E-state index in [9.17, 15) is 9.59 Å². The maximum atomic E-state index is 12.2. The number of pyridine rings is 1. The van der Waals surface area contributed by atoms with E-state index < -0.39 is 11.6 Å². The molecule has 6 nitrogen and oxygen atoms in total. The Morgan fingerprint density at radius 2 is 1.86 bits per heavy atom. The highest BCUT2D eigenvalue weighted by Crippen LogP contribution is 2.23. The Kier molecular flexibility index (Phi) is 6.32. The third-order valence-corrected chi connectivity index (χ3v) is 4.42. The summed E-state index contributed by atoms with van der Waals surface area (Å²) in [6.07, 6.45) is 4.08. The van der Waals surface area contributed by atoms with Gasteiger partial charge in [0.15, 0.2) is 0 Å². The zero-order chi connectivity index (χ0) is 20.9. The summed E-state index contributed by atoms with van der Waals surface area (Å²) in [5.41, 5.74) is 2.74. The molecule has 0 aliphatic carbocycles. The Hall–Kier alpha value is -3.15. The summed E-state index contributed by atoms with van der Waals surface area (Å²) in [6, 6.07) is 13.1. The molecular formula is C23H26N2O4. The summed E-state index contributed by atoms with van der Waals surface area (Å²) in [4.78, 5) is 30.3. The van der Waals surface area contributed by atoms with E-state index in [0.29, 0.717) is 19.5 Å². The molecule has 0 atom stereocenters. The molecule has 0 saturated heterocycles. The number of aromatic nitrogens is 1. The molecule has 3 rings (SSSR count). The van der Waals surface area contributed by atoms with Gasteiger partial charge in [0.1, 0.15) is 17.9 Å². The number of carbonyl (C=O) groups excluding carboxylic acids is 2. The number of carbonyl (C=O) groups is 2. The van der Waals surface area contributed by atoms with Crippen LogP contribution in [0.4, 0.5) is 4.79 Å². The zero-order valence-electron chi connectivity index (χ0n) is 17.1. The number of benzene rings is 1. The van der Waals surface area contributed by atoms with Gasteiger partial charge in [0.25, 0.3) is 0 Å². The second-order valence-corrected chi connectivity index (χ2v) is 7.90. The average Bonchev–Trinajstić information content (AvgIpc) is 2.72. The molecule has 2 heterocycles. The van der Waals surface area contributed by atoms with Gasteiger partial charge in [0, 0.05) is 19.3 Å². The standard InChI is InChI=1S/C23H26N2O4/c1-23(2,3)29-22(27)25-13-11-18(12-14-25)19-9-10-20(24-15-19)21(26)28-16-17-7-5-4-6-8-17/h4-11,15H,12-14,16H2,1-3H3. The van der Waals surface area contributed by atoms with Crippen molar-refractivity contribution in [2.45, 2.75) is 39.4 Å². The van der Waals surface area contributed by atoms with Gasteiger partial charge in [0.2, 0.25) is 0 Å². The highest BCUT2D eigenvalue weighted by molar-refractivity contribution is 5.87. The van der Waals surface area contributed by atoms with Crippen molar-refractivity contribution in [3.8, 4) is 0 Å². The Bertz CT molecular complexity index is 883. The fourth-order valence-electron chi connectivity index (χ4n) is 2.93. The molecule has 0 saturated carbocycles. The van der Waals surface area contributed by atoms with E-state index in [1.165, 1.54) is 0 Å². The number of ether oxygens (including phenoxy) is 2. The predicted octanol–water partition coefficient (Wildman–Crippen LogP) is 4.46. The Balaban J connectivity index is 1.56. The van der Waals surface area contributed by atoms with E-state index in [0.717, 1.165) is 16.7 Å². The summed E-state index contributed by atoms with van der Waals surface area (Å²) in [6.45, 7) is 6.86. The summed E-state index contributed by atoms with van der Waals surface area (Å²) >= 11 is 0. The van der Waals surface area contributed by atoms with E-state index in [-0.39, 0.29) is 18.4 Å². The van der Waals surface area contributed by atoms with Crippen LogP contribution in [0.2, 0.25) is 0 Å². The molecule has 0 spiro atoms. The first-order chi connectivity index (χ1) is 13.8. The van der Waals surface area contributed by atoms with Crippen LogP contribution in [0.5, 0.6) is 0 Å². The molecule has 0 unspecified atom stereocenters. The molecule has 6 heteroatoms. The monoisotopic (exact) mass is 394 g/mol. The average molecular weight is 394 g/mol. The van der Waals surface area contributed by atoms with Crippen LogP contribution in [0.25, 0.3) is 5.57 Å². The second-order valence-electron chi connectivity index (χ2n) is 7.90. The van der Waals surface area contributed by atoms with Crippen LogP contribution in [0, 0.1) is 0 Å². The van der Waals surface area contributed by atoms with E-state index in [2.05, 4.69) is 4.98 Å². The van der Waals surface area contributed by atoms with E-state index in [1.54, 1.807) is 17.2 Å². The number of esters is 1. The van der Waals surface area contributed by atoms with Crippen LogP contribution >= 0.6 is 0 Å². The van der Waals surface area contributed by atoms with Crippen LogP contribution in [-0.4, -0.2) is 40.6 Å². The Morgan fingerprint density at radius 3 is 2.45 bits per heavy atom. The van der Waals surface area contributed by atoms with Gasteiger partial charge in [-0.1, -0.05) is 42.5 Å². The van der Waals surface area contributed by atoms with Gasteiger partial charge in [0.05, 0.1) is 0 Å². The van der Waals surface area contributed by atoms with Gasteiger partial charge in [-0.05, 0) is 50.0 Å². The first-order valence-corrected chi connectivity index (χ1v) is 9.66. The summed E-state index contributed by atoms with van der Waals surface area (Å²) in [5.74, 6) is -0.450. The molecule has 1 aliphatic heterocycles. The van der Waals surface area contributed by atoms with Crippen LogP contribution in [0.1, 0.15) is 48.8 Å². The summed E-state index contributed by atoms with van der Waals surface area (Å²) < 4.78 is 10.7. The highest BCUT2D eigenvalue weighted by Gasteiger charge is 2.24. The molecule has 1 aromatic carbocycles. The topological polar surface area (TPSA) is 68.7 Å². The zero-order valence-corrected chi connectivity index (χ0v) is 17.1. The quantitative estimate of drug-likeness (QED) is 0.716. The van der Waals surface area contributed by atoms with Crippen molar-refractivity contribution in [1.29, 1.82) is 0 Å². The molecular weight excluding hydrogens is 368 g/mol. The second kappa shape index (κ2) is 8.90. The van der Waals surface area contributed by atoms with Crippen molar-refractivity contribution in [2.75, 3.05) is 13.1 Å². The Labute approximate surface area is 171 Å². The van der Waals surface area contributed by atoms with Crippen molar-refractivity contribution in [3.05, 3.63) is 71.6 Å². The van der Waals surface area contributed by atoms with Crippen molar-refractivity contribution >= 4 is 17.6 Å². The van der Waals surface area contributed by atoms with E-state index in [1.807, 2.05) is 63.2 Å². The van der Waals surface area contributed by atoms with Gasteiger partial charge in [-0.25, -0.2) is 14.6 Å². The normalized spacial score (nSPS) is 14.2. The number of hydrogen-bond acceptors (Lipinski definition) is 5. The smallest absolute Gasteiger partial charge is 0.410 e. The largest absolute Gasteiger partial charge is 0.456 e. The van der Waals surface area contributed by atoms with Crippen LogP contribution in [0.3, 0.4) is 0 Å². The van der Waals surface area contributed by atoms with Crippen molar-refractivity contribution < 1.29 is 19.1 Å². The molecule has 1 aromatic heterocycles. The number of amides is 1. The number of rotatable bonds is 4. The molecule has 1 aliphatic rings. The maximum absolute atomic E-state index is 12.2. The minimum absolute atomic E-state index is 0.217. The lowest BCUT2D eigenvalue weighted by molar-refractivity contribution is 0.0270. The molecule has 0 N–H and O–H groups in total. The van der Waals surface area contributed by atoms with Crippen molar-refractivity contribution in [1.82, 2.24) is 9.88 Å². The van der Waals surface area contributed by atoms with Crippen LogP contribution in [-0.2, 0) is 16.1 Å². The predicted molar refractivity (Wildman–Crippen MR) is 110 cm³/mol. The fraction of sp³-hybridized carbons (Fsp3) is 0.348. The van der Waals surface area contributed by atoms with Gasteiger partial charge in [-0.15, -0.1) is 0 Å². The van der Waals surface area contributed by atoms with E-state index >= 15 is 0 Å². The molecule has 0 radical (unpaired) electrons. The lowest BCUT2D eigenvalue weighted by Crippen LogP contribution is -2.39. The van der Waals surface area contributed by atoms with E-state index in [4.69, 9.17) is 9.47 Å². The minimum atomic E-state index is -0.504. The molecule has 29 heavy (non-hydrogen) atoms. The minimum Gasteiger partial charge on any atom is -0.456 e. The molecule has 1 amide bonds.